The van der Waals surface area contributed by atoms with Crippen molar-refractivity contribution < 1.29 is 0 Å². The Morgan fingerprint density at radius 1 is 1.24 bits per heavy atom. The molecule has 0 aliphatic carbocycles. The molecule has 0 spiro atoms. The monoisotopic (exact) mass is 302 g/mol. The number of piperidine rings is 1. The summed E-state index contributed by atoms with van der Waals surface area (Å²) in [6, 6.07) is 10.1. The lowest BCUT2D eigenvalue weighted by Crippen LogP contribution is -2.36. The van der Waals surface area contributed by atoms with Crippen LogP contribution in [0.4, 0.5) is 5.13 Å². The van der Waals surface area contributed by atoms with E-state index in [1.165, 1.54) is 37.5 Å². The molecule has 1 aliphatic heterocycles. The second kappa shape index (κ2) is 7.00. The minimum absolute atomic E-state index is 0.815. The Balaban J connectivity index is 1.47. The number of benzene rings is 1. The maximum atomic E-state index is 4.55. The number of hydrogen-bond donors (Lipinski definition) is 1. The first-order chi connectivity index (χ1) is 10.3. The van der Waals surface area contributed by atoms with E-state index in [1.807, 2.05) is 30.3 Å². The molecule has 0 unspecified atom stereocenters. The van der Waals surface area contributed by atoms with E-state index in [2.05, 4.69) is 26.5 Å². The van der Waals surface area contributed by atoms with Crippen LogP contribution >= 0.6 is 11.5 Å². The average Bonchev–Trinajstić information content (AvgIpc) is 2.99. The second-order valence-electron chi connectivity index (χ2n) is 5.74. The van der Waals surface area contributed by atoms with Crippen LogP contribution in [0.25, 0.3) is 11.4 Å². The van der Waals surface area contributed by atoms with Crippen LogP contribution in [0.5, 0.6) is 0 Å². The predicted octanol–water partition coefficient (Wildman–Crippen LogP) is 3.35. The summed E-state index contributed by atoms with van der Waals surface area (Å²) in [5, 5.41) is 4.31. The van der Waals surface area contributed by atoms with Crippen LogP contribution in [0.15, 0.2) is 30.3 Å². The average molecular weight is 302 g/mol. The fourth-order valence-corrected chi connectivity index (χ4v) is 3.22. The topological polar surface area (TPSA) is 41.0 Å². The first-order valence-corrected chi connectivity index (χ1v) is 8.44. The molecule has 0 atom stereocenters. The molecule has 0 bridgehead atoms. The molecule has 1 N–H and O–H groups in total. The van der Waals surface area contributed by atoms with E-state index in [0.717, 1.165) is 35.5 Å². The highest BCUT2D eigenvalue weighted by molar-refractivity contribution is 7.09. The lowest BCUT2D eigenvalue weighted by Gasteiger charge is -2.29. The Labute approximate surface area is 130 Å². The van der Waals surface area contributed by atoms with E-state index in [-0.39, 0.29) is 0 Å². The van der Waals surface area contributed by atoms with E-state index >= 15 is 0 Å². The molecule has 1 aliphatic rings. The molecule has 1 fully saturated rings. The van der Waals surface area contributed by atoms with Gasteiger partial charge in [0, 0.05) is 30.2 Å². The molecule has 0 radical (unpaired) electrons. The van der Waals surface area contributed by atoms with Gasteiger partial charge in [-0.25, -0.2) is 0 Å². The Morgan fingerprint density at radius 2 is 2.00 bits per heavy atom. The Morgan fingerprint density at radius 3 is 2.76 bits per heavy atom. The number of nitrogens with zero attached hydrogens (tertiary/aromatic N) is 3. The van der Waals surface area contributed by atoms with Crippen LogP contribution < -0.4 is 5.32 Å². The summed E-state index contributed by atoms with van der Waals surface area (Å²) in [6.45, 7) is 6.84. The van der Waals surface area contributed by atoms with Crippen LogP contribution in [0.2, 0.25) is 0 Å². The van der Waals surface area contributed by atoms with Crippen LogP contribution in [0.3, 0.4) is 0 Å². The number of anilines is 1. The minimum atomic E-state index is 0.815. The summed E-state index contributed by atoms with van der Waals surface area (Å²) in [6.07, 6.45) is 2.66. The van der Waals surface area contributed by atoms with E-state index < -0.39 is 0 Å². The zero-order valence-electron chi connectivity index (χ0n) is 12.5. The number of aromatic nitrogens is 2. The summed E-state index contributed by atoms with van der Waals surface area (Å²) in [4.78, 5) is 7.09. The summed E-state index contributed by atoms with van der Waals surface area (Å²) in [5.74, 6) is 1.71. The van der Waals surface area contributed by atoms with Crippen molar-refractivity contribution in [3.63, 3.8) is 0 Å². The smallest absolute Gasteiger partial charge is 0.202 e. The van der Waals surface area contributed by atoms with Gasteiger partial charge in [-0.2, -0.15) is 9.36 Å². The van der Waals surface area contributed by atoms with Crippen molar-refractivity contribution in [3.05, 3.63) is 30.3 Å². The molecule has 3 rings (SSSR count). The number of likely N-dealkylation sites (tertiary alicyclic amines) is 1. The van der Waals surface area contributed by atoms with Crippen molar-refractivity contribution >= 4 is 16.7 Å². The van der Waals surface area contributed by atoms with Crippen molar-refractivity contribution in [2.75, 3.05) is 31.5 Å². The summed E-state index contributed by atoms with van der Waals surface area (Å²) >= 11 is 1.44. The maximum Gasteiger partial charge on any atom is 0.202 e. The van der Waals surface area contributed by atoms with Gasteiger partial charge in [-0.15, -0.1) is 0 Å². The fraction of sp³-hybridized carbons (Fsp3) is 0.500. The lowest BCUT2D eigenvalue weighted by atomic mass is 9.99. The van der Waals surface area contributed by atoms with Crippen molar-refractivity contribution in [2.24, 2.45) is 5.92 Å². The van der Waals surface area contributed by atoms with Crippen molar-refractivity contribution in [1.82, 2.24) is 14.3 Å². The largest absolute Gasteiger partial charge is 0.359 e. The van der Waals surface area contributed by atoms with E-state index in [4.69, 9.17) is 0 Å². The highest BCUT2D eigenvalue weighted by Gasteiger charge is 2.15. The Hall–Kier alpha value is -1.46. The van der Waals surface area contributed by atoms with Gasteiger partial charge < -0.3 is 10.2 Å². The van der Waals surface area contributed by atoms with Crippen LogP contribution in [0, 0.1) is 5.92 Å². The summed E-state index contributed by atoms with van der Waals surface area (Å²) in [5.41, 5.74) is 1.08. The van der Waals surface area contributed by atoms with E-state index in [0.29, 0.717) is 0 Å². The molecule has 1 aromatic heterocycles. The van der Waals surface area contributed by atoms with E-state index in [1.54, 1.807) is 0 Å². The third kappa shape index (κ3) is 4.02. The molecule has 112 valence electrons. The van der Waals surface area contributed by atoms with Crippen molar-refractivity contribution in [1.29, 1.82) is 0 Å². The zero-order chi connectivity index (χ0) is 14.5. The first-order valence-electron chi connectivity index (χ1n) is 7.66. The first kappa shape index (κ1) is 14.5. The molecule has 21 heavy (non-hydrogen) atoms. The maximum absolute atomic E-state index is 4.55. The molecule has 4 nitrogen and oxygen atoms in total. The standard InChI is InChI=1S/C16H22N4S/c1-13-7-10-20(11-8-13)12-9-17-16-18-15(19-21-16)14-5-3-2-4-6-14/h2-6,13H,7-12H2,1H3,(H,17,18,19). The molecule has 0 saturated carbocycles. The molecule has 2 aromatic rings. The number of nitrogens with one attached hydrogen (secondary N) is 1. The predicted molar refractivity (Wildman–Crippen MR) is 88.7 cm³/mol. The van der Waals surface area contributed by atoms with Gasteiger partial charge in [0.05, 0.1) is 0 Å². The van der Waals surface area contributed by atoms with Gasteiger partial charge in [-0.3, -0.25) is 0 Å². The molecule has 1 aromatic carbocycles. The van der Waals surface area contributed by atoms with Gasteiger partial charge in [-0.05, 0) is 31.8 Å². The molecular weight excluding hydrogens is 280 g/mol. The molecule has 1 saturated heterocycles. The molecule has 5 heteroatoms. The highest BCUT2D eigenvalue weighted by Crippen LogP contribution is 2.20. The summed E-state index contributed by atoms with van der Waals surface area (Å²) < 4.78 is 4.42. The van der Waals surface area contributed by atoms with Crippen LogP contribution in [-0.4, -0.2) is 40.4 Å². The van der Waals surface area contributed by atoms with Crippen molar-refractivity contribution in [3.8, 4) is 11.4 Å². The third-order valence-corrected chi connectivity index (χ3v) is 4.71. The van der Waals surface area contributed by atoms with Crippen molar-refractivity contribution in [2.45, 2.75) is 19.8 Å². The van der Waals surface area contributed by atoms with Crippen LogP contribution in [-0.2, 0) is 0 Å². The Bertz CT molecular complexity index is 546. The Kier molecular flexibility index (Phi) is 4.83. The van der Waals surface area contributed by atoms with Gasteiger partial charge in [0.1, 0.15) is 0 Å². The number of hydrogen-bond acceptors (Lipinski definition) is 5. The van der Waals surface area contributed by atoms with Crippen LogP contribution in [0.1, 0.15) is 19.8 Å². The van der Waals surface area contributed by atoms with E-state index in [9.17, 15) is 0 Å². The third-order valence-electron chi connectivity index (χ3n) is 4.04. The van der Waals surface area contributed by atoms with Gasteiger partial charge in [0.25, 0.3) is 0 Å². The van der Waals surface area contributed by atoms with Gasteiger partial charge in [0.15, 0.2) is 5.82 Å². The lowest BCUT2D eigenvalue weighted by molar-refractivity contribution is 0.199. The summed E-state index contributed by atoms with van der Waals surface area (Å²) in [7, 11) is 0. The molecular formula is C16H22N4S. The molecule has 2 heterocycles. The molecule has 0 amide bonds. The van der Waals surface area contributed by atoms with Gasteiger partial charge in [-0.1, -0.05) is 37.3 Å². The second-order valence-corrected chi connectivity index (χ2v) is 6.49. The quantitative estimate of drug-likeness (QED) is 0.919. The minimum Gasteiger partial charge on any atom is -0.359 e. The normalized spacial score (nSPS) is 17.0. The fourth-order valence-electron chi connectivity index (χ4n) is 2.61. The zero-order valence-corrected chi connectivity index (χ0v) is 13.3. The number of rotatable bonds is 5. The highest BCUT2D eigenvalue weighted by atomic mass is 32.1. The SMILES string of the molecule is CC1CCN(CCNc2nc(-c3ccccc3)ns2)CC1. The van der Waals surface area contributed by atoms with Gasteiger partial charge in [0.2, 0.25) is 5.13 Å². The van der Waals surface area contributed by atoms with Gasteiger partial charge >= 0.3 is 0 Å².